The van der Waals surface area contributed by atoms with E-state index in [0.717, 1.165) is 39.8 Å². The molecule has 6 heteroatoms. The fourth-order valence-electron chi connectivity index (χ4n) is 1.43. The molecule has 0 radical (unpaired) electrons. The Labute approximate surface area is 108 Å². The zero-order chi connectivity index (χ0) is 12.1. The van der Waals surface area contributed by atoms with Gasteiger partial charge in [-0.05, 0) is 18.5 Å². The van der Waals surface area contributed by atoms with Crippen molar-refractivity contribution < 1.29 is 0 Å². The van der Waals surface area contributed by atoms with Crippen molar-refractivity contribution in [2.45, 2.75) is 6.92 Å². The topological polar surface area (TPSA) is 50.7 Å². The molecule has 0 saturated heterocycles. The summed E-state index contributed by atoms with van der Waals surface area (Å²) in [5.74, 6) is 5.18. The van der Waals surface area contributed by atoms with Gasteiger partial charge in [0.1, 0.15) is 17.0 Å². The number of anilines is 1. The molecule has 1 N–H and O–H groups in total. The first kappa shape index (κ1) is 12.1. The molecule has 0 saturated carbocycles. The molecular formula is C11H12N4S2. The SMILES string of the molecule is C#CCSCCNc1ncnc2snc(C)c12. The number of aromatic nitrogens is 3. The van der Waals surface area contributed by atoms with Crippen LogP contribution in [0.3, 0.4) is 0 Å². The first-order chi connectivity index (χ1) is 8.33. The molecule has 17 heavy (non-hydrogen) atoms. The number of thioether (sulfide) groups is 1. The van der Waals surface area contributed by atoms with Gasteiger partial charge in [-0.25, -0.2) is 9.97 Å². The Morgan fingerprint density at radius 1 is 1.53 bits per heavy atom. The standard InChI is InChI=1S/C11H12N4S2/c1-3-5-16-6-4-12-10-9-8(2)15-17-11(9)14-7-13-10/h1,7H,4-6H2,2H3,(H,12,13,14). The fourth-order valence-corrected chi connectivity index (χ4v) is 2.68. The summed E-state index contributed by atoms with van der Waals surface area (Å²) in [6, 6.07) is 0. The number of rotatable bonds is 5. The van der Waals surface area contributed by atoms with Crippen molar-refractivity contribution in [1.29, 1.82) is 0 Å². The number of fused-ring (bicyclic) bond motifs is 1. The van der Waals surface area contributed by atoms with Gasteiger partial charge in [0.25, 0.3) is 0 Å². The predicted molar refractivity (Wildman–Crippen MR) is 74.6 cm³/mol. The molecule has 0 aromatic carbocycles. The largest absolute Gasteiger partial charge is 0.369 e. The normalized spacial score (nSPS) is 10.4. The summed E-state index contributed by atoms with van der Waals surface area (Å²) < 4.78 is 4.28. The number of hydrogen-bond donors (Lipinski definition) is 1. The molecule has 0 spiro atoms. The van der Waals surface area contributed by atoms with E-state index < -0.39 is 0 Å². The van der Waals surface area contributed by atoms with Gasteiger partial charge in [-0.3, -0.25) is 0 Å². The maximum atomic E-state index is 5.18. The summed E-state index contributed by atoms with van der Waals surface area (Å²) >= 11 is 3.13. The molecule has 0 aliphatic rings. The smallest absolute Gasteiger partial charge is 0.149 e. The van der Waals surface area contributed by atoms with E-state index in [1.807, 2.05) is 6.92 Å². The van der Waals surface area contributed by atoms with Crippen molar-refractivity contribution in [3.63, 3.8) is 0 Å². The van der Waals surface area contributed by atoms with Crippen LogP contribution in [0.15, 0.2) is 6.33 Å². The molecule has 0 amide bonds. The molecule has 2 aromatic heterocycles. The average molecular weight is 264 g/mol. The van der Waals surface area contributed by atoms with E-state index in [-0.39, 0.29) is 0 Å². The minimum Gasteiger partial charge on any atom is -0.369 e. The third-order valence-corrected chi connectivity index (χ3v) is 3.88. The summed E-state index contributed by atoms with van der Waals surface area (Å²) in [6.45, 7) is 2.81. The Hall–Kier alpha value is -1.32. The maximum absolute atomic E-state index is 5.18. The van der Waals surface area contributed by atoms with Crippen LogP contribution in [0.5, 0.6) is 0 Å². The van der Waals surface area contributed by atoms with E-state index in [0.29, 0.717) is 0 Å². The van der Waals surface area contributed by atoms with Crippen LogP contribution in [0.25, 0.3) is 10.2 Å². The maximum Gasteiger partial charge on any atom is 0.149 e. The third kappa shape index (κ3) is 2.87. The van der Waals surface area contributed by atoms with E-state index in [9.17, 15) is 0 Å². The summed E-state index contributed by atoms with van der Waals surface area (Å²) in [7, 11) is 0. The molecule has 0 bridgehead atoms. The van der Waals surface area contributed by atoms with Crippen LogP contribution >= 0.6 is 23.3 Å². The van der Waals surface area contributed by atoms with E-state index in [1.54, 1.807) is 18.1 Å². The van der Waals surface area contributed by atoms with Crippen molar-refractivity contribution in [1.82, 2.24) is 14.3 Å². The monoisotopic (exact) mass is 264 g/mol. The van der Waals surface area contributed by atoms with E-state index in [2.05, 4.69) is 25.6 Å². The molecule has 88 valence electrons. The predicted octanol–water partition coefficient (Wildman–Crippen LogP) is 2.17. The third-order valence-electron chi connectivity index (χ3n) is 2.17. The number of aryl methyl sites for hydroxylation is 1. The highest BCUT2D eigenvalue weighted by Crippen LogP contribution is 2.25. The van der Waals surface area contributed by atoms with Gasteiger partial charge in [-0.15, -0.1) is 18.2 Å². The Morgan fingerprint density at radius 2 is 2.41 bits per heavy atom. The molecule has 0 aliphatic heterocycles. The molecule has 0 fully saturated rings. The van der Waals surface area contributed by atoms with Gasteiger partial charge in [-0.2, -0.15) is 4.37 Å². The van der Waals surface area contributed by atoms with Crippen LogP contribution in [-0.4, -0.2) is 32.4 Å². The van der Waals surface area contributed by atoms with Crippen LogP contribution in [0.4, 0.5) is 5.82 Å². The van der Waals surface area contributed by atoms with Gasteiger partial charge in [-0.1, -0.05) is 5.92 Å². The van der Waals surface area contributed by atoms with Crippen LogP contribution in [0, 0.1) is 19.3 Å². The summed E-state index contributed by atoms with van der Waals surface area (Å²) in [5, 5.41) is 4.33. The second-order valence-corrected chi connectivity index (χ2v) is 5.21. The second-order valence-electron chi connectivity index (χ2n) is 3.35. The summed E-state index contributed by atoms with van der Waals surface area (Å²) in [4.78, 5) is 9.37. The average Bonchev–Trinajstić information content (AvgIpc) is 2.72. The van der Waals surface area contributed by atoms with Crippen LogP contribution in [0.2, 0.25) is 0 Å². The molecule has 0 aliphatic carbocycles. The van der Waals surface area contributed by atoms with Crippen LogP contribution in [-0.2, 0) is 0 Å². The van der Waals surface area contributed by atoms with Gasteiger partial charge < -0.3 is 5.32 Å². The van der Waals surface area contributed by atoms with Gasteiger partial charge >= 0.3 is 0 Å². The van der Waals surface area contributed by atoms with Gasteiger partial charge in [0.05, 0.1) is 16.8 Å². The van der Waals surface area contributed by atoms with E-state index in [1.165, 1.54) is 11.5 Å². The zero-order valence-electron chi connectivity index (χ0n) is 9.43. The summed E-state index contributed by atoms with van der Waals surface area (Å²) in [6.07, 6.45) is 6.75. The molecule has 0 atom stereocenters. The Bertz CT molecular complexity index is 544. The lowest BCUT2D eigenvalue weighted by atomic mass is 10.3. The second kappa shape index (κ2) is 5.84. The first-order valence-corrected chi connectivity index (χ1v) is 7.08. The van der Waals surface area contributed by atoms with E-state index >= 15 is 0 Å². The summed E-state index contributed by atoms with van der Waals surface area (Å²) in [5.41, 5.74) is 0.976. The molecule has 2 rings (SSSR count). The fraction of sp³-hybridized carbons (Fsp3) is 0.364. The highest BCUT2D eigenvalue weighted by atomic mass is 32.2. The van der Waals surface area contributed by atoms with Crippen LogP contribution in [0.1, 0.15) is 5.69 Å². The van der Waals surface area contributed by atoms with Gasteiger partial charge in [0.15, 0.2) is 0 Å². The number of nitrogens with one attached hydrogen (secondary N) is 1. The first-order valence-electron chi connectivity index (χ1n) is 5.15. The highest BCUT2D eigenvalue weighted by Gasteiger charge is 2.08. The highest BCUT2D eigenvalue weighted by molar-refractivity contribution is 7.99. The van der Waals surface area contributed by atoms with Gasteiger partial charge in [0.2, 0.25) is 0 Å². The molecule has 2 heterocycles. The van der Waals surface area contributed by atoms with Crippen LogP contribution < -0.4 is 5.32 Å². The van der Waals surface area contributed by atoms with Crippen molar-refractivity contribution in [2.75, 3.05) is 23.4 Å². The minimum atomic E-state index is 0.750. The van der Waals surface area contributed by atoms with Crippen molar-refractivity contribution in [3.05, 3.63) is 12.0 Å². The minimum absolute atomic E-state index is 0.750. The van der Waals surface area contributed by atoms with E-state index in [4.69, 9.17) is 6.42 Å². The molecule has 2 aromatic rings. The molecule has 4 nitrogen and oxygen atoms in total. The quantitative estimate of drug-likeness (QED) is 0.662. The Morgan fingerprint density at radius 3 is 3.24 bits per heavy atom. The number of nitrogens with zero attached hydrogens (tertiary/aromatic N) is 3. The van der Waals surface area contributed by atoms with Gasteiger partial charge in [0, 0.05) is 12.3 Å². The molecule has 0 unspecified atom stereocenters. The number of hydrogen-bond acceptors (Lipinski definition) is 6. The lowest BCUT2D eigenvalue weighted by Gasteiger charge is -2.05. The van der Waals surface area contributed by atoms with Crippen molar-refractivity contribution >= 4 is 39.3 Å². The molecular weight excluding hydrogens is 252 g/mol. The lowest BCUT2D eigenvalue weighted by molar-refractivity contribution is 1.15. The van der Waals surface area contributed by atoms with Crippen molar-refractivity contribution in [2.24, 2.45) is 0 Å². The number of terminal acetylenes is 1. The van der Waals surface area contributed by atoms with Crippen molar-refractivity contribution in [3.8, 4) is 12.3 Å². The Kier molecular flexibility index (Phi) is 4.18. The Balaban J connectivity index is 2.03. The lowest BCUT2D eigenvalue weighted by Crippen LogP contribution is -2.06. The zero-order valence-corrected chi connectivity index (χ0v) is 11.1.